The molecule has 0 unspecified atom stereocenters. The SMILES string of the molecule is Cc1nn(C)c(C)c1[C@@H](C)NC(=O)CCc1ccnn1C. The Bertz CT molecular complexity index is 641. The summed E-state index contributed by atoms with van der Waals surface area (Å²) in [5.74, 6) is 0.0475. The van der Waals surface area contributed by atoms with Crippen LogP contribution in [0.3, 0.4) is 0 Å². The Morgan fingerprint density at radius 3 is 2.57 bits per heavy atom. The van der Waals surface area contributed by atoms with E-state index < -0.39 is 0 Å². The normalized spacial score (nSPS) is 12.4. The predicted octanol–water partition coefficient (Wildman–Crippen LogP) is 1.58. The maximum absolute atomic E-state index is 12.1. The highest BCUT2D eigenvalue weighted by Crippen LogP contribution is 2.20. The molecule has 114 valence electrons. The first-order valence-electron chi connectivity index (χ1n) is 7.16. The highest BCUT2D eigenvalue weighted by Gasteiger charge is 2.18. The number of amides is 1. The van der Waals surface area contributed by atoms with Gasteiger partial charge in [-0.25, -0.2) is 0 Å². The van der Waals surface area contributed by atoms with Crippen molar-refractivity contribution in [3.8, 4) is 0 Å². The third kappa shape index (κ3) is 3.32. The first-order valence-corrected chi connectivity index (χ1v) is 7.16. The van der Waals surface area contributed by atoms with Gasteiger partial charge in [0.2, 0.25) is 5.91 Å². The van der Waals surface area contributed by atoms with E-state index in [-0.39, 0.29) is 11.9 Å². The van der Waals surface area contributed by atoms with E-state index in [2.05, 4.69) is 15.5 Å². The second-order valence-electron chi connectivity index (χ2n) is 5.44. The lowest BCUT2D eigenvalue weighted by Crippen LogP contribution is -2.27. The average Bonchev–Trinajstić information content (AvgIpc) is 2.91. The summed E-state index contributed by atoms with van der Waals surface area (Å²) in [5, 5.41) is 11.5. The van der Waals surface area contributed by atoms with Crippen LogP contribution in [0.4, 0.5) is 0 Å². The summed E-state index contributed by atoms with van der Waals surface area (Å²) in [6.45, 7) is 5.99. The van der Waals surface area contributed by atoms with E-state index in [0.29, 0.717) is 12.8 Å². The Balaban J connectivity index is 1.94. The van der Waals surface area contributed by atoms with Crippen LogP contribution in [0, 0.1) is 13.8 Å². The van der Waals surface area contributed by atoms with E-state index in [1.54, 1.807) is 10.9 Å². The van der Waals surface area contributed by atoms with Gasteiger partial charge >= 0.3 is 0 Å². The Morgan fingerprint density at radius 1 is 1.33 bits per heavy atom. The maximum atomic E-state index is 12.1. The van der Waals surface area contributed by atoms with Gasteiger partial charge in [-0.05, 0) is 33.3 Å². The molecule has 0 aromatic carbocycles. The Labute approximate surface area is 125 Å². The summed E-state index contributed by atoms with van der Waals surface area (Å²) in [5.41, 5.74) is 4.22. The highest BCUT2D eigenvalue weighted by atomic mass is 16.1. The molecule has 2 rings (SSSR count). The number of carbonyl (C=O) groups is 1. The molecule has 6 nitrogen and oxygen atoms in total. The smallest absolute Gasteiger partial charge is 0.220 e. The molecule has 6 heteroatoms. The van der Waals surface area contributed by atoms with Gasteiger partial charge < -0.3 is 5.32 Å². The molecule has 1 atom stereocenters. The fourth-order valence-corrected chi connectivity index (χ4v) is 2.69. The van der Waals surface area contributed by atoms with Gasteiger partial charge in [0.05, 0.1) is 11.7 Å². The largest absolute Gasteiger partial charge is 0.349 e. The van der Waals surface area contributed by atoms with Gasteiger partial charge in [-0.15, -0.1) is 0 Å². The van der Waals surface area contributed by atoms with Gasteiger partial charge in [0.15, 0.2) is 0 Å². The molecule has 0 radical (unpaired) electrons. The van der Waals surface area contributed by atoms with Crippen molar-refractivity contribution in [2.24, 2.45) is 14.1 Å². The van der Waals surface area contributed by atoms with Gasteiger partial charge in [-0.3, -0.25) is 14.2 Å². The Kier molecular flexibility index (Phi) is 4.45. The molecule has 0 bridgehead atoms. The van der Waals surface area contributed by atoms with Gasteiger partial charge in [0.25, 0.3) is 0 Å². The third-order valence-electron chi connectivity index (χ3n) is 3.91. The monoisotopic (exact) mass is 289 g/mol. The Hall–Kier alpha value is -2.11. The van der Waals surface area contributed by atoms with Crippen LogP contribution in [-0.2, 0) is 25.3 Å². The molecule has 0 fully saturated rings. The third-order valence-corrected chi connectivity index (χ3v) is 3.91. The van der Waals surface area contributed by atoms with Crippen molar-refractivity contribution in [3.63, 3.8) is 0 Å². The summed E-state index contributed by atoms with van der Waals surface area (Å²) in [4.78, 5) is 12.1. The zero-order chi connectivity index (χ0) is 15.6. The fourth-order valence-electron chi connectivity index (χ4n) is 2.69. The highest BCUT2D eigenvalue weighted by molar-refractivity contribution is 5.76. The quantitative estimate of drug-likeness (QED) is 0.909. The summed E-state index contributed by atoms with van der Waals surface area (Å²) in [6.07, 6.45) is 2.90. The van der Waals surface area contributed by atoms with Crippen molar-refractivity contribution in [2.75, 3.05) is 0 Å². The number of hydrogen-bond donors (Lipinski definition) is 1. The van der Waals surface area contributed by atoms with Crippen LogP contribution in [0.1, 0.15) is 42.0 Å². The first-order chi connectivity index (χ1) is 9.90. The molecule has 2 aromatic heterocycles. The number of hydrogen-bond acceptors (Lipinski definition) is 3. The Morgan fingerprint density at radius 2 is 2.05 bits per heavy atom. The van der Waals surface area contributed by atoms with Gasteiger partial charge in [0, 0.05) is 43.7 Å². The van der Waals surface area contributed by atoms with Crippen LogP contribution in [0.5, 0.6) is 0 Å². The number of carbonyl (C=O) groups excluding carboxylic acids is 1. The minimum Gasteiger partial charge on any atom is -0.349 e. The zero-order valence-electron chi connectivity index (χ0n) is 13.3. The number of aryl methyl sites for hydroxylation is 4. The van der Waals surface area contributed by atoms with Gasteiger partial charge in [-0.1, -0.05) is 0 Å². The topological polar surface area (TPSA) is 64.7 Å². The van der Waals surface area contributed by atoms with Crippen molar-refractivity contribution in [1.29, 1.82) is 0 Å². The van der Waals surface area contributed by atoms with Crippen molar-refractivity contribution in [1.82, 2.24) is 24.9 Å². The molecule has 0 saturated heterocycles. The number of nitrogens with zero attached hydrogens (tertiary/aromatic N) is 4. The lowest BCUT2D eigenvalue weighted by Gasteiger charge is -2.15. The maximum Gasteiger partial charge on any atom is 0.220 e. The van der Waals surface area contributed by atoms with Gasteiger partial charge in [-0.2, -0.15) is 10.2 Å². The van der Waals surface area contributed by atoms with Crippen molar-refractivity contribution in [2.45, 2.75) is 39.7 Å². The summed E-state index contributed by atoms with van der Waals surface area (Å²) < 4.78 is 3.65. The second-order valence-corrected chi connectivity index (χ2v) is 5.44. The summed E-state index contributed by atoms with van der Waals surface area (Å²) >= 11 is 0. The molecular weight excluding hydrogens is 266 g/mol. The van der Waals surface area contributed by atoms with Crippen LogP contribution in [0.2, 0.25) is 0 Å². The van der Waals surface area contributed by atoms with E-state index in [9.17, 15) is 4.79 Å². The number of aromatic nitrogens is 4. The molecule has 2 heterocycles. The zero-order valence-corrected chi connectivity index (χ0v) is 13.3. The lowest BCUT2D eigenvalue weighted by atomic mass is 10.1. The molecule has 1 amide bonds. The fraction of sp³-hybridized carbons (Fsp3) is 0.533. The molecular formula is C15H23N5O. The van der Waals surface area contributed by atoms with E-state index in [1.807, 2.05) is 45.6 Å². The van der Waals surface area contributed by atoms with Crippen molar-refractivity contribution in [3.05, 3.63) is 34.9 Å². The number of nitrogens with one attached hydrogen (secondary N) is 1. The lowest BCUT2D eigenvalue weighted by molar-refractivity contribution is -0.121. The van der Waals surface area contributed by atoms with Crippen LogP contribution in [0.25, 0.3) is 0 Å². The molecule has 0 aliphatic rings. The van der Waals surface area contributed by atoms with Crippen molar-refractivity contribution >= 4 is 5.91 Å². The molecule has 0 spiro atoms. The average molecular weight is 289 g/mol. The van der Waals surface area contributed by atoms with Gasteiger partial charge in [0.1, 0.15) is 0 Å². The predicted molar refractivity (Wildman–Crippen MR) is 80.8 cm³/mol. The standard InChI is InChI=1S/C15H23N5O/c1-10(15-11(2)18-19(4)12(15)3)17-14(21)7-6-13-8-9-16-20(13)5/h8-10H,6-7H2,1-5H3,(H,17,21)/t10-/m1/s1. The molecule has 1 N–H and O–H groups in total. The van der Waals surface area contributed by atoms with E-state index in [0.717, 1.165) is 22.6 Å². The molecule has 0 aliphatic heterocycles. The number of rotatable bonds is 5. The van der Waals surface area contributed by atoms with Crippen LogP contribution in [0.15, 0.2) is 12.3 Å². The van der Waals surface area contributed by atoms with Crippen LogP contribution < -0.4 is 5.32 Å². The van der Waals surface area contributed by atoms with E-state index in [4.69, 9.17) is 0 Å². The van der Waals surface area contributed by atoms with Crippen LogP contribution in [-0.4, -0.2) is 25.5 Å². The first kappa shape index (κ1) is 15.3. The molecule has 0 saturated carbocycles. The molecule has 0 aliphatic carbocycles. The summed E-state index contributed by atoms with van der Waals surface area (Å²) in [6, 6.07) is 1.91. The minimum atomic E-state index is -0.0299. The summed E-state index contributed by atoms with van der Waals surface area (Å²) in [7, 11) is 3.81. The molecule has 2 aromatic rings. The van der Waals surface area contributed by atoms with Crippen LogP contribution >= 0.6 is 0 Å². The van der Waals surface area contributed by atoms with Crippen molar-refractivity contribution < 1.29 is 4.79 Å². The minimum absolute atomic E-state index is 0.0299. The van der Waals surface area contributed by atoms with E-state index in [1.165, 1.54) is 0 Å². The van der Waals surface area contributed by atoms with E-state index >= 15 is 0 Å². The second kappa shape index (κ2) is 6.11. The molecule has 21 heavy (non-hydrogen) atoms.